The Morgan fingerprint density at radius 3 is 2.71 bits per heavy atom. The van der Waals surface area contributed by atoms with Crippen LogP contribution >= 0.6 is 15.9 Å². The van der Waals surface area contributed by atoms with E-state index in [1.54, 1.807) is 30.6 Å². The molecule has 0 aliphatic carbocycles. The minimum absolute atomic E-state index is 0.198. The van der Waals surface area contributed by atoms with Crippen molar-refractivity contribution in [2.75, 3.05) is 11.1 Å². The smallest absolute Gasteiger partial charge is 0.222 e. The molecule has 4 N–H and O–H groups in total. The van der Waals surface area contributed by atoms with Crippen LogP contribution in [-0.4, -0.2) is 15.1 Å². The summed E-state index contributed by atoms with van der Waals surface area (Å²) in [4.78, 5) is 8.13. The molecule has 0 saturated heterocycles. The van der Waals surface area contributed by atoms with Crippen molar-refractivity contribution in [3.8, 4) is 5.75 Å². The minimum atomic E-state index is 0.198. The first-order valence-electron chi connectivity index (χ1n) is 4.94. The number of nitrogens with one attached hydrogen (secondary N) is 1. The molecule has 0 atom stereocenters. The highest BCUT2D eigenvalue weighted by atomic mass is 79.9. The van der Waals surface area contributed by atoms with E-state index >= 15 is 0 Å². The zero-order valence-corrected chi connectivity index (χ0v) is 10.5. The Bertz CT molecular complexity index is 515. The highest BCUT2D eigenvalue weighted by molar-refractivity contribution is 9.10. The van der Waals surface area contributed by atoms with Crippen molar-refractivity contribution in [3.63, 3.8) is 0 Å². The van der Waals surface area contributed by atoms with Crippen molar-refractivity contribution in [2.24, 2.45) is 0 Å². The first-order chi connectivity index (χ1) is 8.15. The van der Waals surface area contributed by atoms with Gasteiger partial charge in [-0.1, -0.05) is 0 Å². The Morgan fingerprint density at radius 1 is 1.29 bits per heavy atom. The largest absolute Gasteiger partial charge is 0.508 e. The van der Waals surface area contributed by atoms with Crippen LogP contribution in [0, 0.1) is 0 Å². The monoisotopic (exact) mass is 294 g/mol. The molecule has 0 amide bonds. The first kappa shape index (κ1) is 11.7. The van der Waals surface area contributed by atoms with E-state index in [-0.39, 0.29) is 5.75 Å². The number of phenolic OH excluding ortho intramolecular Hbond substituents is 1. The average Bonchev–Trinajstić information content (AvgIpc) is 2.32. The Morgan fingerprint density at radius 2 is 2.00 bits per heavy atom. The van der Waals surface area contributed by atoms with Gasteiger partial charge >= 0.3 is 0 Å². The van der Waals surface area contributed by atoms with Crippen LogP contribution < -0.4 is 11.1 Å². The van der Waals surface area contributed by atoms with E-state index in [1.165, 1.54) is 0 Å². The molecule has 17 heavy (non-hydrogen) atoms. The summed E-state index contributed by atoms with van der Waals surface area (Å²) >= 11 is 3.25. The maximum absolute atomic E-state index is 9.61. The van der Waals surface area contributed by atoms with E-state index in [0.717, 1.165) is 4.47 Å². The summed E-state index contributed by atoms with van der Waals surface area (Å²) in [5.41, 5.74) is 6.95. The highest BCUT2D eigenvalue weighted by Gasteiger charge is 2.02. The fraction of sp³-hybridized carbons (Fsp3) is 0.0909. The van der Waals surface area contributed by atoms with E-state index in [4.69, 9.17) is 5.73 Å². The molecule has 1 heterocycles. The molecular weight excluding hydrogens is 284 g/mol. The van der Waals surface area contributed by atoms with Crippen molar-refractivity contribution in [3.05, 3.63) is 40.6 Å². The summed E-state index contributed by atoms with van der Waals surface area (Å²) in [6.45, 7) is 0.415. The summed E-state index contributed by atoms with van der Waals surface area (Å²) in [6, 6.07) is 4.92. The predicted octanol–water partition coefficient (Wildman–Crippen LogP) is 2.14. The number of aromatic nitrogens is 2. The summed E-state index contributed by atoms with van der Waals surface area (Å²) in [5, 5.41) is 12.6. The molecule has 1 aromatic heterocycles. The number of benzene rings is 1. The molecule has 2 rings (SSSR count). The average molecular weight is 295 g/mol. The Balaban J connectivity index is 2.07. The normalized spacial score (nSPS) is 10.2. The Labute approximate surface area is 107 Å². The second-order valence-corrected chi connectivity index (χ2v) is 4.38. The van der Waals surface area contributed by atoms with E-state index in [2.05, 4.69) is 31.2 Å². The van der Waals surface area contributed by atoms with Crippen molar-refractivity contribution >= 4 is 27.6 Å². The minimum Gasteiger partial charge on any atom is -0.508 e. The third-order valence-corrected chi connectivity index (χ3v) is 2.57. The second kappa shape index (κ2) is 5.01. The van der Waals surface area contributed by atoms with Crippen LogP contribution in [0.4, 0.5) is 11.6 Å². The van der Waals surface area contributed by atoms with Crippen molar-refractivity contribution in [2.45, 2.75) is 6.54 Å². The predicted molar refractivity (Wildman–Crippen MR) is 69.6 cm³/mol. The van der Waals surface area contributed by atoms with Crippen LogP contribution in [0.1, 0.15) is 5.56 Å². The van der Waals surface area contributed by atoms with E-state index in [0.29, 0.717) is 23.7 Å². The maximum atomic E-state index is 9.61. The third kappa shape index (κ3) is 3.07. The lowest BCUT2D eigenvalue weighted by Gasteiger charge is -2.07. The zero-order chi connectivity index (χ0) is 12.3. The van der Waals surface area contributed by atoms with Crippen LogP contribution in [0.3, 0.4) is 0 Å². The van der Waals surface area contributed by atoms with Crippen LogP contribution in [-0.2, 0) is 6.54 Å². The number of anilines is 2. The Kier molecular flexibility index (Phi) is 3.43. The molecule has 0 spiro atoms. The topological polar surface area (TPSA) is 84.1 Å². The molecule has 0 fully saturated rings. The van der Waals surface area contributed by atoms with Gasteiger partial charge in [-0.2, -0.15) is 0 Å². The SMILES string of the molecule is Nc1ccc(O)c(CNc2ncc(Br)cn2)c1. The number of aromatic hydroxyl groups is 1. The summed E-state index contributed by atoms with van der Waals surface area (Å²) in [7, 11) is 0. The van der Waals surface area contributed by atoms with Gasteiger partial charge in [-0.25, -0.2) is 9.97 Å². The van der Waals surface area contributed by atoms with Crippen LogP contribution in [0.25, 0.3) is 0 Å². The molecule has 0 aliphatic rings. The molecule has 88 valence electrons. The number of hydrogen-bond acceptors (Lipinski definition) is 5. The molecule has 0 saturated carbocycles. The highest BCUT2D eigenvalue weighted by Crippen LogP contribution is 2.20. The number of nitrogens with zero attached hydrogens (tertiary/aromatic N) is 2. The zero-order valence-electron chi connectivity index (χ0n) is 8.89. The number of rotatable bonds is 3. The van der Waals surface area contributed by atoms with Gasteiger partial charge in [0.2, 0.25) is 5.95 Å². The van der Waals surface area contributed by atoms with E-state index in [9.17, 15) is 5.11 Å². The number of nitrogens with two attached hydrogens (primary N) is 1. The lowest BCUT2D eigenvalue weighted by Crippen LogP contribution is -2.03. The van der Waals surface area contributed by atoms with Gasteiger partial charge in [0.05, 0.1) is 4.47 Å². The van der Waals surface area contributed by atoms with Gasteiger partial charge in [0.1, 0.15) is 5.75 Å². The maximum Gasteiger partial charge on any atom is 0.222 e. The van der Waals surface area contributed by atoms with Gasteiger partial charge in [0.15, 0.2) is 0 Å². The van der Waals surface area contributed by atoms with Gasteiger partial charge < -0.3 is 16.2 Å². The lowest BCUT2D eigenvalue weighted by molar-refractivity contribution is 0.469. The first-order valence-corrected chi connectivity index (χ1v) is 5.73. The van der Waals surface area contributed by atoms with E-state index in [1.807, 2.05) is 0 Å². The molecule has 0 unspecified atom stereocenters. The molecular formula is C11H11BrN4O. The Hall–Kier alpha value is -1.82. The van der Waals surface area contributed by atoms with Gasteiger partial charge in [0, 0.05) is 30.2 Å². The van der Waals surface area contributed by atoms with E-state index < -0.39 is 0 Å². The quantitative estimate of drug-likeness (QED) is 0.597. The fourth-order valence-corrected chi connectivity index (χ4v) is 1.53. The molecule has 5 nitrogen and oxygen atoms in total. The number of nitrogen functional groups attached to an aromatic ring is 1. The number of hydrogen-bond donors (Lipinski definition) is 3. The second-order valence-electron chi connectivity index (χ2n) is 3.47. The lowest BCUT2D eigenvalue weighted by atomic mass is 10.2. The van der Waals surface area contributed by atoms with Crippen LogP contribution in [0.5, 0.6) is 5.75 Å². The summed E-state index contributed by atoms with van der Waals surface area (Å²) < 4.78 is 0.815. The molecule has 1 aromatic carbocycles. The van der Waals surface area contributed by atoms with Gasteiger partial charge in [-0.15, -0.1) is 0 Å². The molecule has 2 aromatic rings. The van der Waals surface area contributed by atoms with Crippen molar-refractivity contribution in [1.29, 1.82) is 0 Å². The van der Waals surface area contributed by atoms with Crippen molar-refractivity contribution < 1.29 is 5.11 Å². The molecule has 0 aliphatic heterocycles. The number of halogens is 1. The number of phenols is 1. The third-order valence-electron chi connectivity index (χ3n) is 2.16. The fourth-order valence-electron chi connectivity index (χ4n) is 1.32. The molecule has 0 bridgehead atoms. The summed E-state index contributed by atoms with van der Waals surface area (Å²) in [6.07, 6.45) is 3.29. The summed E-state index contributed by atoms with van der Waals surface area (Å²) in [5.74, 6) is 0.693. The molecule has 6 heteroatoms. The van der Waals surface area contributed by atoms with Crippen LogP contribution in [0.15, 0.2) is 35.1 Å². The van der Waals surface area contributed by atoms with Crippen molar-refractivity contribution in [1.82, 2.24) is 9.97 Å². The van der Waals surface area contributed by atoms with Gasteiger partial charge in [-0.3, -0.25) is 0 Å². The van der Waals surface area contributed by atoms with Crippen LogP contribution in [0.2, 0.25) is 0 Å². The molecule has 0 radical (unpaired) electrons. The van der Waals surface area contributed by atoms with Gasteiger partial charge in [-0.05, 0) is 34.1 Å². The van der Waals surface area contributed by atoms with Gasteiger partial charge in [0.25, 0.3) is 0 Å². The standard InChI is InChI=1S/C11H11BrN4O/c12-8-5-15-11(16-6-8)14-4-7-3-9(13)1-2-10(7)17/h1-3,5-6,17H,4,13H2,(H,14,15,16).